The van der Waals surface area contributed by atoms with Gasteiger partial charge in [-0.25, -0.2) is 19.3 Å². The number of carbonyl (C=O) groups is 1. The van der Waals surface area contributed by atoms with Crippen molar-refractivity contribution in [2.75, 3.05) is 0 Å². The summed E-state index contributed by atoms with van der Waals surface area (Å²) in [5.41, 5.74) is 0.0588. The zero-order chi connectivity index (χ0) is 26.3. The van der Waals surface area contributed by atoms with Crippen LogP contribution in [0.25, 0.3) is 11.4 Å². The number of ether oxygens (including phenoxy) is 1. The lowest BCUT2D eigenvalue weighted by Crippen LogP contribution is -2.52. The highest BCUT2D eigenvalue weighted by atomic mass is 19.4. The third kappa shape index (κ3) is 5.01. The fourth-order valence-corrected chi connectivity index (χ4v) is 5.54. The van der Waals surface area contributed by atoms with Gasteiger partial charge in [-0.2, -0.15) is 13.2 Å². The number of carbonyl (C=O) groups excluding carboxylic acids is 1. The molecule has 1 saturated carbocycles. The van der Waals surface area contributed by atoms with Gasteiger partial charge in [-0.05, 0) is 43.2 Å². The minimum atomic E-state index is -4.48. The molecule has 3 aromatic rings. The standard InChI is InChI=1S/C27H26F4N4O2/c1-15(2)9-21-16-10-22(23(11-16)37-24-8-7-17(12-32-24)27(29,30)31)35(21)26(36)20-6-4-3-5-19(20)25-33-13-18(28)14-34-25/h3-8,12-16,21-23H,9-11H2,1-2H3/t16?,21?,22-,23+/m0/s1. The van der Waals surface area contributed by atoms with Gasteiger partial charge >= 0.3 is 6.18 Å². The molecule has 5 rings (SSSR count). The van der Waals surface area contributed by atoms with Crippen LogP contribution in [-0.2, 0) is 6.18 Å². The molecule has 2 unspecified atom stereocenters. The lowest BCUT2D eigenvalue weighted by atomic mass is 9.89. The number of hydrogen-bond acceptors (Lipinski definition) is 5. The number of piperidine rings is 1. The van der Waals surface area contributed by atoms with Crippen LogP contribution in [0.2, 0.25) is 0 Å². The van der Waals surface area contributed by atoms with E-state index < -0.39 is 23.7 Å². The van der Waals surface area contributed by atoms with Gasteiger partial charge in [0, 0.05) is 23.9 Å². The molecule has 2 bridgehead atoms. The Morgan fingerprint density at radius 2 is 1.78 bits per heavy atom. The topological polar surface area (TPSA) is 68.2 Å². The Morgan fingerprint density at radius 1 is 1.05 bits per heavy atom. The Bertz CT molecular complexity index is 1260. The van der Waals surface area contributed by atoms with Gasteiger partial charge in [-0.1, -0.05) is 32.0 Å². The van der Waals surface area contributed by atoms with Crippen LogP contribution in [-0.4, -0.2) is 43.9 Å². The lowest BCUT2D eigenvalue weighted by Gasteiger charge is -2.40. The molecule has 4 atom stereocenters. The van der Waals surface area contributed by atoms with Crippen LogP contribution < -0.4 is 4.74 Å². The van der Waals surface area contributed by atoms with Crippen molar-refractivity contribution in [3.8, 4) is 17.3 Å². The molecule has 0 radical (unpaired) electrons. The third-order valence-corrected chi connectivity index (χ3v) is 7.07. The molecule has 37 heavy (non-hydrogen) atoms. The maximum absolute atomic E-state index is 14.0. The molecule has 1 aromatic carbocycles. The van der Waals surface area contributed by atoms with Gasteiger partial charge < -0.3 is 9.64 Å². The molecule has 3 heterocycles. The molecule has 10 heteroatoms. The first-order valence-corrected chi connectivity index (χ1v) is 12.2. The summed E-state index contributed by atoms with van der Waals surface area (Å²) in [7, 11) is 0. The zero-order valence-corrected chi connectivity index (χ0v) is 20.3. The summed E-state index contributed by atoms with van der Waals surface area (Å²) < 4.78 is 58.2. The van der Waals surface area contributed by atoms with E-state index in [0.29, 0.717) is 23.5 Å². The van der Waals surface area contributed by atoms with Crippen LogP contribution in [0.5, 0.6) is 5.88 Å². The van der Waals surface area contributed by atoms with E-state index in [4.69, 9.17) is 4.74 Å². The number of benzene rings is 1. The molecular formula is C27H26F4N4O2. The summed E-state index contributed by atoms with van der Waals surface area (Å²) in [6, 6.07) is 8.86. The van der Waals surface area contributed by atoms with Crippen LogP contribution in [0.1, 0.15) is 49.0 Å². The SMILES string of the molecule is CC(C)CC1C2C[C@@H](Oc3ccc(C(F)(F)F)cn3)[C@H](C2)N1C(=O)c1ccccc1-c1ncc(F)cn1. The summed E-state index contributed by atoms with van der Waals surface area (Å²) in [5, 5.41) is 0. The van der Waals surface area contributed by atoms with Crippen LogP contribution in [0, 0.1) is 17.7 Å². The van der Waals surface area contributed by atoms with E-state index in [0.717, 1.165) is 37.5 Å². The maximum atomic E-state index is 14.0. The van der Waals surface area contributed by atoms with Crippen molar-refractivity contribution in [2.24, 2.45) is 11.8 Å². The number of amides is 1. The number of nitrogens with zero attached hydrogens (tertiary/aromatic N) is 4. The predicted octanol–water partition coefficient (Wildman–Crippen LogP) is 5.79. The molecule has 2 aromatic heterocycles. The van der Waals surface area contributed by atoms with E-state index in [1.54, 1.807) is 24.3 Å². The summed E-state index contributed by atoms with van der Waals surface area (Å²) >= 11 is 0. The Morgan fingerprint density at radius 3 is 2.43 bits per heavy atom. The first-order valence-electron chi connectivity index (χ1n) is 12.2. The fourth-order valence-electron chi connectivity index (χ4n) is 5.54. The second kappa shape index (κ2) is 9.72. The van der Waals surface area contributed by atoms with Crippen molar-refractivity contribution in [3.05, 3.63) is 71.9 Å². The van der Waals surface area contributed by atoms with Crippen LogP contribution in [0.4, 0.5) is 17.6 Å². The quantitative estimate of drug-likeness (QED) is 0.390. The predicted molar refractivity (Wildman–Crippen MR) is 127 cm³/mol. The first kappa shape index (κ1) is 25.1. The minimum absolute atomic E-state index is 0.0000990. The Hall–Kier alpha value is -3.56. The average Bonchev–Trinajstić information content (AvgIpc) is 3.42. The highest BCUT2D eigenvalue weighted by Crippen LogP contribution is 2.47. The second-order valence-electron chi connectivity index (χ2n) is 10.0. The minimum Gasteiger partial charge on any atom is -0.472 e. The van der Waals surface area contributed by atoms with E-state index in [1.807, 2.05) is 4.90 Å². The van der Waals surface area contributed by atoms with Crippen molar-refractivity contribution >= 4 is 5.91 Å². The molecule has 2 aliphatic rings. The van der Waals surface area contributed by atoms with E-state index in [9.17, 15) is 22.4 Å². The van der Waals surface area contributed by atoms with Crippen molar-refractivity contribution < 1.29 is 27.1 Å². The van der Waals surface area contributed by atoms with Gasteiger partial charge in [0.25, 0.3) is 5.91 Å². The second-order valence-corrected chi connectivity index (χ2v) is 10.0. The average molecular weight is 515 g/mol. The van der Waals surface area contributed by atoms with Gasteiger partial charge in [0.05, 0.1) is 29.6 Å². The van der Waals surface area contributed by atoms with Crippen LogP contribution in [0.3, 0.4) is 0 Å². The first-order chi connectivity index (χ1) is 17.6. The molecule has 1 aliphatic heterocycles. The Kier molecular flexibility index (Phi) is 6.59. The summed E-state index contributed by atoms with van der Waals surface area (Å²) in [6.45, 7) is 4.21. The number of alkyl halides is 3. The molecule has 0 N–H and O–H groups in total. The molecule has 1 saturated heterocycles. The molecule has 1 aliphatic carbocycles. The third-order valence-electron chi connectivity index (χ3n) is 7.07. The Labute approximate surface area is 211 Å². The van der Waals surface area contributed by atoms with Crippen LogP contribution in [0.15, 0.2) is 55.0 Å². The van der Waals surface area contributed by atoms with E-state index in [1.165, 1.54) is 6.07 Å². The largest absolute Gasteiger partial charge is 0.472 e. The summed E-state index contributed by atoms with van der Waals surface area (Å²) in [4.78, 5) is 27.9. The number of likely N-dealkylation sites (tertiary alicyclic amines) is 1. The molecule has 1 amide bonds. The molecular weight excluding hydrogens is 488 g/mol. The maximum Gasteiger partial charge on any atom is 0.417 e. The van der Waals surface area contributed by atoms with Gasteiger partial charge in [0.1, 0.15) is 6.10 Å². The van der Waals surface area contributed by atoms with Crippen LogP contribution >= 0.6 is 0 Å². The number of aromatic nitrogens is 3. The highest BCUT2D eigenvalue weighted by molar-refractivity contribution is 6.00. The number of rotatable bonds is 6. The smallest absolute Gasteiger partial charge is 0.417 e. The van der Waals surface area contributed by atoms with Crippen molar-refractivity contribution in [1.29, 1.82) is 0 Å². The highest BCUT2D eigenvalue weighted by Gasteiger charge is 2.54. The number of halogens is 4. The summed E-state index contributed by atoms with van der Waals surface area (Å²) in [5.74, 6) is 0.125. The molecule has 6 nitrogen and oxygen atoms in total. The van der Waals surface area contributed by atoms with Gasteiger partial charge in [0.2, 0.25) is 5.88 Å². The van der Waals surface area contributed by atoms with Gasteiger partial charge in [-0.3, -0.25) is 4.79 Å². The number of pyridine rings is 1. The molecule has 0 spiro atoms. The number of fused-ring (bicyclic) bond motifs is 2. The monoisotopic (exact) mass is 514 g/mol. The van der Waals surface area contributed by atoms with Crippen molar-refractivity contribution in [3.63, 3.8) is 0 Å². The normalized spacial score (nSPS) is 23.1. The van der Waals surface area contributed by atoms with Crippen molar-refractivity contribution in [2.45, 2.75) is 57.5 Å². The van der Waals surface area contributed by atoms with E-state index in [-0.39, 0.29) is 35.6 Å². The van der Waals surface area contributed by atoms with Crippen molar-refractivity contribution in [1.82, 2.24) is 19.9 Å². The van der Waals surface area contributed by atoms with Gasteiger partial charge in [0.15, 0.2) is 11.6 Å². The molecule has 194 valence electrons. The molecule has 2 fully saturated rings. The summed E-state index contributed by atoms with van der Waals surface area (Å²) in [6.07, 6.45) is 0.247. The number of hydrogen-bond donors (Lipinski definition) is 0. The fraction of sp³-hybridized carbons (Fsp3) is 0.407. The van der Waals surface area contributed by atoms with E-state index >= 15 is 0 Å². The lowest BCUT2D eigenvalue weighted by molar-refractivity contribution is -0.137. The van der Waals surface area contributed by atoms with Gasteiger partial charge in [-0.15, -0.1) is 0 Å². The zero-order valence-electron chi connectivity index (χ0n) is 20.3. The van der Waals surface area contributed by atoms with E-state index in [2.05, 4.69) is 28.8 Å². The Balaban J connectivity index is 1.43.